The number of halogens is 1. The molecule has 2 saturated heterocycles. The van der Waals surface area contributed by atoms with Crippen LogP contribution in [0, 0.1) is 0 Å². The number of hydrogen-bond acceptors (Lipinski definition) is 8. The highest BCUT2D eigenvalue weighted by Crippen LogP contribution is 2.25. The van der Waals surface area contributed by atoms with Crippen LogP contribution < -0.4 is 4.74 Å². The SMILES string of the molecule is COC(=O)c1ccc2c(c1)nc(CN1CCC(Oc3ccnc(Cc4ccc(Cl)cc4)n3)CC1)n2C[C@@H]1CCO1. The van der Waals surface area contributed by atoms with Gasteiger partial charge in [-0.1, -0.05) is 23.7 Å². The number of ether oxygens (including phenoxy) is 3. The van der Waals surface area contributed by atoms with Gasteiger partial charge in [-0.25, -0.2) is 14.8 Å². The number of aromatic nitrogens is 4. The summed E-state index contributed by atoms with van der Waals surface area (Å²) in [6, 6.07) is 15.1. The number of methoxy groups -OCH3 is 1. The molecule has 0 aliphatic carbocycles. The summed E-state index contributed by atoms with van der Waals surface area (Å²) < 4.78 is 19.1. The first-order chi connectivity index (χ1) is 19.5. The van der Waals surface area contributed by atoms with Gasteiger partial charge >= 0.3 is 5.97 Å². The number of rotatable bonds is 9. The van der Waals surface area contributed by atoms with Crippen molar-refractivity contribution in [3.63, 3.8) is 0 Å². The Morgan fingerprint density at radius 1 is 1.07 bits per heavy atom. The van der Waals surface area contributed by atoms with E-state index in [1.165, 1.54) is 7.11 Å². The molecule has 2 aliphatic heterocycles. The number of hydrogen-bond donors (Lipinski definition) is 0. The molecule has 10 heteroatoms. The van der Waals surface area contributed by atoms with Crippen LogP contribution in [0.3, 0.4) is 0 Å². The lowest BCUT2D eigenvalue weighted by Crippen LogP contribution is -2.39. The number of carbonyl (C=O) groups is 1. The Morgan fingerprint density at radius 2 is 1.88 bits per heavy atom. The third-order valence-corrected chi connectivity index (χ3v) is 7.82. The van der Waals surface area contributed by atoms with Crippen LogP contribution in [0.15, 0.2) is 54.7 Å². The van der Waals surface area contributed by atoms with Gasteiger partial charge in [0.05, 0.1) is 42.9 Å². The lowest BCUT2D eigenvalue weighted by atomic mass is 10.1. The van der Waals surface area contributed by atoms with Crippen LogP contribution in [0.1, 0.15) is 46.8 Å². The molecule has 2 fully saturated rings. The summed E-state index contributed by atoms with van der Waals surface area (Å²) in [4.78, 5) is 28.5. The minimum atomic E-state index is -0.358. The predicted molar refractivity (Wildman–Crippen MR) is 151 cm³/mol. The monoisotopic (exact) mass is 561 g/mol. The molecular formula is C30H32ClN5O4. The molecule has 208 valence electrons. The highest BCUT2D eigenvalue weighted by molar-refractivity contribution is 6.30. The third-order valence-electron chi connectivity index (χ3n) is 7.57. The molecule has 0 spiro atoms. The number of imidazole rings is 1. The molecule has 0 unspecified atom stereocenters. The molecule has 4 heterocycles. The fraction of sp³-hybridized carbons (Fsp3) is 0.400. The van der Waals surface area contributed by atoms with E-state index in [0.29, 0.717) is 22.9 Å². The van der Waals surface area contributed by atoms with Crippen molar-refractivity contribution in [3.8, 4) is 5.88 Å². The highest BCUT2D eigenvalue weighted by Gasteiger charge is 2.26. The number of benzene rings is 2. The molecule has 2 aromatic heterocycles. The van der Waals surface area contributed by atoms with Crippen LogP contribution in [-0.2, 0) is 29.0 Å². The molecule has 0 amide bonds. The van der Waals surface area contributed by atoms with Gasteiger partial charge in [0.1, 0.15) is 17.8 Å². The zero-order valence-corrected chi connectivity index (χ0v) is 23.2. The van der Waals surface area contributed by atoms with Crippen LogP contribution in [-0.4, -0.2) is 69.4 Å². The van der Waals surface area contributed by atoms with E-state index in [9.17, 15) is 4.79 Å². The number of carbonyl (C=O) groups excluding carboxylic acids is 1. The summed E-state index contributed by atoms with van der Waals surface area (Å²) in [7, 11) is 1.39. The Bertz CT molecular complexity index is 1480. The average Bonchev–Trinajstić information content (AvgIpc) is 3.28. The van der Waals surface area contributed by atoms with Gasteiger partial charge in [0.25, 0.3) is 0 Å². The molecule has 0 bridgehead atoms. The van der Waals surface area contributed by atoms with Gasteiger partial charge in [-0.05, 0) is 55.2 Å². The fourth-order valence-corrected chi connectivity index (χ4v) is 5.38. The van der Waals surface area contributed by atoms with Gasteiger partial charge in [-0.2, -0.15) is 4.98 Å². The summed E-state index contributed by atoms with van der Waals surface area (Å²) in [5.41, 5.74) is 3.42. The maximum absolute atomic E-state index is 12.1. The van der Waals surface area contributed by atoms with Crippen molar-refractivity contribution in [3.05, 3.63) is 82.5 Å². The Hall–Kier alpha value is -3.53. The molecule has 0 N–H and O–H groups in total. The molecule has 0 radical (unpaired) electrons. The fourth-order valence-electron chi connectivity index (χ4n) is 5.25. The quantitative estimate of drug-likeness (QED) is 0.272. The molecule has 0 saturated carbocycles. The molecule has 9 nitrogen and oxygen atoms in total. The van der Waals surface area contributed by atoms with E-state index in [0.717, 1.165) is 80.3 Å². The van der Waals surface area contributed by atoms with Gasteiger partial charge in [-0.3, -0.25) is 4.90 Å². The Labute approximate surface area is 238 Å². The molecule has 2 aromatic carbocycles. The number of likely N-dealkylation sites (tertiary alicyclic amines) is 1. The molecule has 2 aliphatic rings. The molecule has 1 atom stereocenters. The normalized spacial score (nSPS) is 18.0. The van der Waals surface area contributed by atoms with Crippen molar-refractivity contribution < 1.29 is 19.0 Å². The van der Waals surface area contributed by atoms with Crippen LogP contribution in [0.25, 0.3) is 11.0 Å². The minimum absolute atomic E-state index is 0.0966. The van der Waals surface area contributed by atoms with E-state index in [2.05, 4.69) is 19.4 Å². The van der Waals surface area contributed by atoms with E-state index in [4.69, 9.17) is 30.8 Å². The summed E-state index contributed by atoms with van der Waals surface area (Å²) in [5.74, 6) is 1.96. The van der Waals surface area contributed by atoms with Crippen LogP contribution in [0.2, 0.25) is 5.02 Å². The first-order valence-electron chi connectivity index (χ1n) is 13.7. The summed E-state index contributed by atoms with van der Waals surface area (Å²) in [6.45, 7) is 4.07. The van der Waals surface area contributed by atoms with E-state index < -0.39 is 0 Å². The Balaban J connectivity index is 1.09. The summed E-state index contributed by atoms with van der Waals surface area (Å²) in [5, 5.41) is 0.713. The second-order valence-electron chi connectivity index (χ2n) is 10.3. The largest absolute Gasteiger partial charge is 0.474 e. The van der Waals surface area contributed by atoms with Crippen molar-refractivity contribution >= 4 is 28.6 Å². The van der Waals surface area contributed by atoms with E-state index in [1.807, 2.05) is 42.5 Å². The van der Waals surface area contributed by atoms with E-state index >= 15 is 0 Å². The molecule has 4 aromatic rings. The van der Waals surface area contributed by atoms with Gasteiger partial charge in [0.15, 0.2) is 0 Å². The number of esters is 1. The first-order valence-corrected chi connectivity index (χ1v) is 14.1. The second kappa shape index (κ2) is 11.9. The van der Waals surface area contributed by atoms with Gasteiger partial charge in [0, 0.05) is 43.4 Å². The van der Waals surface area contributed by atoms with Crippen LogP contribution >= 0.6 is 11.6 Å². The standard InChI is InChI=1S/C30H32ClN5O4/c1-38-30(37)21-4-7-26-25(17-21)33-28(36(26)18-24-11-15-39-24)19-35-13-9-23(10-14-35)40-29-8-12-32-27(34-29)16-20-2-5-22(31)6-3-20/h2-8,12,17,23-24H,9-11,13-16,18-19H2,1H3/t24-/m0/s1. The number of nitrogens with zero attached hydrogens (tertiary/aromatic N) is 5. The lowest BCUT2D eigenvalue weighted by molar-refractivity contribution is -0.0592. The minimum Gasteiger partial charge on any atom is -0.474 e. The van der Waals surface area contributed by atoms with E-state index in [1.54, 1.807) is 12.3 Å². The summed E-state index contributed by atoms with van der Waals surface area (Å²) in [6.07, 6.45) is 5.52. The van der Waals surface area contributed by atoms with E-state index in [-0.39, 0.29) is 18.2 Å². The maximum Gasteiger partial charge on any atom is 0.337 e. The van der Waals surface area contributed by atoms with Crippen molar-refractivity contribution in [1.29, 1.82) is 0 Å². The first kappa shape index (κ1) is 26.7. The van der Waals surface area contributed by atoms with Crippen molar-refractivity contribution in [2.24, 2.45) is 0 Å². The van der Waals surface area contributed by atoms with Crippen LogP contribution in [0.4, 0.5) is 0 Å². The molecular weight excluding hydrogens is 530 g/mol. The Morgan fingerprint density at radius 3 is 2.60 bits per heavy atom. The maximum atomic E-state index is 12.1. The van der Waals surface area contributed by atoms with Gasteiger partial charge < -0.3 is 18.8 Å². The van der Waals surface area contributed by atoms with Crippen molar-refractivity contribution in [2.45, 2.75) is 51.0 Å². The Kier molecular flexibility index (Phi) is 7.95. The topological polar surface area (TPSA) is 91.6 Å². The molecule has 6 rings (SSSR count). The second-order valence-corrected chi connectivity index (χ2v) is 10.8. The number of piperidine rings is 1. The highest BCUT2D eigenvalue weighted by atomic mass is 35.5. The van der Waals surface area contributed by atoms with Gasteiger partial charge in [-0.15, -0.1) is 0 Å². The predicted octanol–water partition coefficient (Wildman–Crippen LogP) is 4.69. The van der Waals surface area contributed by atoms with Gasteiger partial charge in [0.2, 0.25) is 5.88 Å². The zero-order valence-electron chi connectivity index (χ0n) is 22.5. The number of fused-ring (bicyclic) bond motifs is 1. The average molecular weight is 562 g/mol. The lowest BCUT2D eigenvalue weighted by Gasteiger charge is -2.32. The van der Waals surface area contributed by atoms with Crippen LogP contribution in [0.5, 0.6) is 5.88 Å². The zero-order chi connectivity index (χ0) is 27.5. The van der Waals surface area contributed by atoms with Crippen molar-refractivity contribution in [1.82, 2.24) is 24.4 Å². The molecule has 40 heavy (non-hydrogen) atoms. The smallest absolute Gasteiger partial charge is 0.337 e. The summed E-state index contributed by atoms with van der Waals surface area (Å²) >= 11 is 6.00. The van der Waals surface area contributed by atoms with Crippen molar-refractivity contribution in [2.75, 3.05) is 26.8 Å². The third kappa shape index (κ3) is 6.11.